The number of aromatic nitrogens is 1. The van der Waals surface area contributed by atoms with Gasteiger partial charge in [0, 0.05) is 16.9 Å². The van der Waals surface area contributed by atoms with Crippen LogP contribution in [0.25, 0.3) is 11.3 Å². The predicted octanol–water partition coefficient (Wildman–Crippen LogP) is 2.73. The molecule has 0 radical (unpaired) electrons. The van der Waals surface area contributed by atoms with Crippen molar-refractivity contribution in [1.82, 2.24) is 4.98 Å². The maximum atomic E-state index is 11.1. The predicted molar refractivity (Wildman–Crippen MR) is 74.9 cm³/mol. The Bertz CT molecular complexity index is 623. The summed E-state index contributed by atoms with van der Waals surface area (Å²) in [5, 5.41) is 2.71. The highest BCUT2D eigenvalue weighted by atomic mass is 16.2. The lowest BCUT2D eigenvalue weighted by molar-refractivity contribution is 0.259. The van der Waals surface area contributed by atoms with Crippen LogP contribution in [0.2, 0.25) is 0 Å². The fraction of sp³-hybridized carbons (Fsp3) is 0.200. The molecule has 4 nitrogen and oxygen atoms in total. The molecule has 1 aromatic heterocycles. The van der Waals surface area contributed by atoms with Crippen LogP contribution in [0.4, 0.5) is 10.5 Å². The van der Waals surface area contributed by atoms with Crippen molar-refractivity contribution < 1.29 is 4.79 Å². The molecule has 0 aliphatic heterocycles. The lowest BCUT2D eigenvalue weighted by Crippen LogP contribution is -2.20. The van der Waals surface area contributed by atoms with Crippen LogP contribution in [0.3, 0.4) is 0 Å². The monoisotopic (exact) mass is 253 g/mol. The highest BCUT2D eigenvalue weighted by molar-refractivity contribution is 5.90. The Morgan fingerprint density at radius 3 is 2.74 bits per heavy atom. The van der Waals surface area contributed by atoms with Gasteiger partial charge in [0.2, 0.25) is 0 Å². The summed E-state index contributed by atoms with van der Waals surface area (Å²) in [6.45, 7) is 0. The molecule has 1 heterocycles. The number of amides is 2. The molecule has 19 heavy (non-hydrogen) atoms. The fourth-order valence-corrected chi connectivity index (χ4v) is 2.54. The zero-order chi connectivity index (χ0) is 13.2. The van der Waals surface area contributed by atoms with Gasteiger partial charge in [0.05, 0.1) is 5.69 Å². The van der Waals surface area contributed by atoms with Crippen molar-refractivity contribution in [3.63, 3.8) is 0 Å². The van der Waals surface area contributed by atoms with Crippen LogP contribution in [0.15, 0.2) is 36.4 Å². The van der Waals surface area contributed by atoms with Crippen molar-refractivity contribution in [3.05, 3.63) is 47.7 Å². The van der Waals surface area contributed by atoms with E-state index in [0.717, 1.165) is 47.5 Å². The average Bonchev–Trinajstić information content (AvgIpc) is 2.87. The second-order valence-electron chi connectivity index (χ2n) is 4.69. The van der Waals surface area contributed by atoms with Crippen molar-refractivity contribution in [2.75, 3.05) is 5.32 Å². The highest BCUT2D eigenvalue weighted by Crippen LogP contribution is 2.31. The van der Waals surface area contributed by atoms with Crippen molar-refractivity contribution in [3.8, 4) is 11.3 Å². The highest BCUT2D eigenvalue weighted by Gasteiger charge is 2.19. The number of pyridine rings is 1. The average molecular weight is 253 g/mol. The van der Waals surface area contributed by atoms with E-state index in [4.69, 9.17) is 10.7 Å². The summed E-state index contributed by atoms with van der Waals surface area (Å²) in [6.07, 6.45) is 2.99. The summed E-state index contributed by atoms with van der Waals surface area (Å²) in [4.78, 5) is 15.8. The van der Waals surface area contributed by atoms with Gasteiger partial charge in [-0.05, 0) is 30.9 Å². The van der Waals surface area contributed by atoms with Crippen LogP contribution >= 0.6 is 0 Å². The van der Waals surface area contributed by atoms with Gasteiger partial charge in [0.15, 0.2) is 0 Å². The van der Waals surface area contributed by atoms with Crippen molar-refractivity contribution in [1.29, 1.82) is 0 Å². The molecule has 0 fully saturated rings. The summed E-state index contributed by atoms with van der Waals surface area (Å²) in [7, 11) is 0. The van der Waals surface area contributed by atoms with Crippen molar-refractivity contribution in [2.24, 2.45) is 5.73 Å². The summed E-state index contributed by atoms with van der Waals surface area (Å²) in [6, 6.07) is 11.3. The Morgan fingerprint density at radius 1 is 1.21 bits per heavy atom. The molecule has 0 saturated heterocycles. The van der Waals surface area contributed by atoms with E-state index in [2.05, 4.69) is 5.32 Å². The number of hydrogen-bond donors (Lipinski definition) is 2. The first-order valence-electron chi connectivity index (χ1n) is 6.39. The summed E-state index contributed by atoms with van der Waals surface area (Å²) in [5.41, 5.74) is 10.2. The summed E-state index contributed by atoms with van der Waals surface area (Å²) < 4.78 is 0. The number of carbonyl (C=O) groups is 1. The number of nitrogens with zero attached hydrogens (tertiary/aromatic N) is 1. The third kappa shape index (κ3) is 2.29. The number of anilines is 1. The van der Waals surface area contributed by atoms with E-state index in [1.807, 2.05) is 36.4 Å². The van der Waals surface area contributed by atoms with Gasteiger partial charge in [-0.1, -0.05) is 30.3 Å². The van der Waals surface area contributed by atoms with Gasteiger partial charge in [0.1, 0.15) is 0 Å². The van der Waals surface area contributed by atoms with Crippen molar-refractivity contribution in [2.45, 2.75) is 19.3 Å². The summed E-state index contributed by atoms with van der Waals surface area (Å²) >= 11 is 0. The number of rotatable bonds is 2. The van der Waals surface area contributed by atoms with Gasteiger partial charge in [-0.25, -0.2) is 4.79 Å². The molecular weight excluding hydrogens is 238 g/mol. The third-order valence-electron chi connectivity index (χ3n) is 3.38. The molecule has 1 aliphatic rings. The number of nitrogens with two attached hydrogens (primary N) is 1. The van der Waals surface area contributed by atoms with E-state index in [1.54, 1.807) is 0 Å². The first kappa shape index (κ1) is 11.7. The van der Waals surface area contributed by atoms with Gasteiger partial charge < -0.3 is 11.1 Å². The Balaban J connectivity index is 2.10. The Morgan fingerprint density at radius 2 is 2.00 bits per heavy atom. The minimum Gasteiger partial charge on any atom is -0.351 e. The topological polar surface area (TPSA) is 68.0 Å². The lowest BCUT2D eigenvalue weighted by atomic mass is 10.1. The number of aryl methyl sites for hydroxylation is 1. The zero-order valence-electron chi connectivity index (χ0n) is 10.5. The molecule has 3 N–H and O–H groups in total. The SMILES string of the molecule is NC(=O)Nc1cc(-c2ccccc2)nc2c1CCC2. The lowest BCUT2D eigenvalue weighted by Gasteiger charge is -2.11. The number of urea groups is 1. The van der Waals surface area contributed by atoms with Gasteiger partial charge in [-0.3, -0.25) is 4.98 Å². The second kappa shape index (κ2) is 4.72. The fourth-order valence-electron chi connectivity index (χ4n) is 2.54. The first-order valence-corrected chi connectivity index (χ1v) is 6.39. The van der Waals surface area contributed by atoms with E-state index in [-0.39, 0.29) is 0 Å². The number of fused-ring (bicyclic) bond motifs is 1. The molecule has 0 bridgehead atoms. The van der Waals surface area contributed by atoms with E-state index >= 15 is 0 Å². The van der Waals surface area contributed by atoms with Crippen LogP contribution < -0.4 is 11.1 Å². The zero-order valence-corrected chi connectivity index (χ0v) is 10.5. The molecule has 0 unspecified atom stereocenters. The summed E-state index contributed by atoms with van der Waals surface area (Å²) in [5.74, 6) is 0. The molecule has 96 valence electrons. The number of carbonyl (C=O) groups excluding carboxylic acids is 1. The van der Waals surface area contributed by atoms with Gasteiger partial charge >= 0.3 is 6.03 Å². The Hall–Kier alpha value is -2.36. The molecule has 2 aromatic rings. The number of nitrogens with one attached hydrogen (secondary N) is 1. The Kier molecular flexibility index (Phi) is 2.91. The molecule has 0 spiro atoms. The van der Waals surface area contributed by atoms with E-state index in [9.17, 15) is 4.79 Å². The van der Waals surface area contributed by atoms with Crippen LogP contribution in [-0.4, -0.2) is 11.0 Å². The number of primary amides is 1. The number of hydrogen-bond acceptors (Lipinski definition) is 2. The second-order valence-corrected chi connectivity index (χ2v) is 4.69. The van der Waals surface area contributed by atoms with Gasteiger partial charge in [-0.2, -0.15) is 0 Å². The van der Waals surface area contributed by atoms with Gasteiger partial charge in [-0.15, -0.1) is 0 Å². The van der Waals surface area contributed by atoms with Crippen LogP contribution in [0.5, 0.6) is 0 Å². The largest absolute Gasteiger partial charge is 0.351 e. The maximum Gasteiger partial charge on any atom is 0.316 e. The van der Waals surface area contributed by atoms with E-state index < -0.39 is 6.03 Å². The van der Waals surface area contributed by atoms with E-state index in [1.165, 1.54) is 0 Å². The molecule has 0 saturated carbocycles. The smallest absolute Gasteiger partial charge is 0.316 e. The van der Waals surface area contributed by atoms with Crippen LogP contribution in [0, 0.1) is 0 Å². The van der Waals surface area contributed by atoms with Gasteiger partial charge in [0.25, 0.3) is 0 Å². The standard InChI is InChI=1S/C15H15N3O/c16-15(19)18-14-9-13(10-5-2-1-3-6-10)17-12-8-4-7-11(12)14/h1-3,5-6,9H,4,7-8H2,(H3,16,17,18,19). The van der Waals surface area contributed by atoms with E-state index in [0.29, 0.717) is 0 Å². The molecular formula is C15H15N3O. The van der Waals surface area contributed by atoms with Crippen LogP contribution in [0.1, 0.15) is 17.7 Å². The van der Waals surface area contributed by atoms with Crippen LogP contribution in [-0.2, 0) is 12.8 Å². The molecule has 1 aromatic carbocycles. The third-order valence-corrected chi connectivity index (χ3v) is 3.38. The normalized spacial score (nSPS) is 13.1. The maximum absolute atomic E-state index is 11.1. The first-order chi connectivity index (χ1) is 9.24. The molecule has 1 aliphatic carbocycles. The molecule has 0 atom stereocenters. The van der Waals surface area contributed by atoms with Crippen molar-refractivity contribution >= 4 is 11.7 Å². The molecule has 4 heteroatoms. The quantitative estimate of drug-likeness (QED) is 0.864. The molecule has 3 rings (SSSR count). The number of benzene rings is 1. The minimum atomic E-state index is -0.528. The Labute approximate surface area is 111 Å². The minimum absolute atomic E-state index is 0.528. The molecule has 2 amide bonds.